The summed E-state index contributed by atoms with van der Waals surface area (Å²) in [7, 11) is 0. The van der Waals surface area contributed by atoms with Gasteiger partial charge in [0.2, 0.25) is 0 Å². The molecule has 0 aromatic heterocycles. The maximum atomic E-state index is 13.2. The third-order valence-corrected chi connectivity index (χ3v) is 14.7. The first-order chi connectivity index (χ1) is 20.7. The summed E-state index contributed by atoms with van der Waals surface area (Å²) in [5, 5.41) is 0. The highest BCUT2D eigenvalue weighted by molar-refractivity contribution is 5.69. The van der Waals surface area contributed by atoms with E-state index in [1.165, 1.54) is 122 Å². The van der Waals surface area contributed by atoms with Gasteiger partial charge in [0.05, 0.1) is 0 Å². The molecule has 43 heavy (non-hydrogen) atoms. The van der Waals surface area contributed by atoms with Gasteiger partial charge in [0, 0.05) is 11.8 Å². The summed E-state index contributed by atoms with van der Waals surface area (Å²) in [4.78, 5) is 13.2. The Hall–Kier alpha value is -0.530. The Kier molecular flexibility index (Phi) is 13.4. The van der Waals surface area contributed by atoms with Gasteiger partial charge in [-0.3, -0.25) is 4.79 Å². The van der Waals surface area contributed by atoms with E-state index >= 15 is 0 Å². The van der Waals surface area contributed by atoms with Crippen LogP contribution in [-0.4, -0.2) is 12.1 Å². The Morgan fingerprint density at radius 1 is 0.767 bits per heavy atom. The summed E-state index contributed by atoms with van der Waals surface area (Å²) in [6, 6.07) is 0. The van der Waals surface area contributed by atoms with Gasteiger partial charge in [0.1, 0.15) is 6.10 Å². The summed E-state index contributed by atoms with van der Waals surface area (Å²) < 4.78 is 6.53. The molecule has 250 valence electrons. The van der Waals surface area contributed by atoms with Gasteiger partial charge in [-0.1, -0.05) is 113 Å². The molecule has 0 bridgehead atoms. The van der Waals surface area contributed by atoms with E-state index in [0.717, 1.165) is 60.2 Å². The summed E-state index contributed by atoms with van der Waals surface area (Å²) in [6.45, 7) is 17.5. The Balaban J connectivity index is 1.32. The monoisotopic (exact) mass is 599 g/mol. The fourth-order valence-corrected chi connectivity index (χ4v) is 11.9. The average Bonchev–Trinajstić information content (AvgIpc) is 3.34. The molecule has 0 radical (unpaired) electrons. The fraction of sp³-hybridized carbons (Fsp3) is 0.976. The second-order valence-electron chi connectivity index (χ2n) is 17.2. The van der Waals surface area contributed by atoms with Crippen molar-refractivity contribution in [3.8, 4) is 0 Å². The zero-order chi connectivity index (χ0) is 31.0. The zero-order valence-electron chi connectivity index (χ0n) is 30.1. The van der Waals surface area contributed by atoms with Gasteiger partial charge >= 0.3 is 5.97 Å². The summed E-state index contributed by atoms with van der Waals surface area (Å²) in [6.07, 6.45) is 28.9. The summed E-state index contributed by atoms with van der Waals surface area (Å²) in [5.74, 6) is 6.85. The number of unbranched alkanes of at least 4 members (excludes halogenated alkanes) is 8. The van der Waals surface area contributed by atoms with Crippen molar-refractivity contribution in [2.75, 3.05) is 0 Å². The largest absolute Gasteiger partial charge is 0.462 e. The van der Waals surface area contributed by atoms with Crippen LogP contribution in [0.4, 0.5) is 0 Å². The molecule has 0 aromatic rings. The van der Waals surface area contributed by atoms with Crippen LogP contribution in [0.25, 0.3) is 0 Å². The van der Waals surface area contributed by atoms with Crippen LogP contribution in [0.5, 0.6) is 0 Å². The van der Waals surface area contributed by atoms with Gasteiger partial charge in [-0.05, 0) is 123 Å². The van der Waals surface area contributed by atoms with Gasteiger partial charge in [0.15, 0.2) is 0 Å². The molecule has 4 aliphatic carbocycles. The van der Waals surface area contributed by atoms with E-state index in [1.54, 1.807) is 0 Å². The van der Waals surface area contributed by atoms with E-state index in [2.05, 4.69) is 48.5 Å². The van der Waals surface area contributed by atoms with Crippen molar-refractivity contribution in [3.63, 3.8) is 0 Å². The maximum Gasteiger partial charge on any atom is 0.306 e. The second kappa shape index (κ2) is 16.3. The predicted molar refractivity (Wildman–Crippen MR) is 184 cm³/mol. The molecule has 0 saturated heterocycles. The van der Waals surface area contributed by atoms with E-state index in [0.29, 0.717) is 11.8 Å². The normalized spacial score (nSPS) is 36.9. The van der Waals surface area contributed by atoms with Crippen LogP contribution in [-0.2, 0) is 9.53 Å². The molecule has 0 spiro atoms. The molecule has 4 saturated carbocycles. The van der Waals surface area contributed by atoms with Crippen LogP contribution in [0.3, 0.4) is 0 Å². The standard InChI is InChI=1S/C41H74O2/c1-8-10-11-12-13-14-15-16-17-21-39(42)43-38-20-18-19-33-24-25-34-36-27-26-35(31(5)22-23-32(9-2)30(3)4)40(36,6)29-28-37(34)41(33,38)7/h30-38H,8-29H2,1-7H3/t31-,32-,33?,34+,35-,36+,37+,38?,40-,41+/m1/s1. The van der Waals surface area contributed by atoms with Crippen LogP contribution in [0.2, 0.25) is 0 Å². The topological polar surface area (TPSA) is 26.3 Å². The fourth-order valence-electron chi connectivity index (χ4n) is 11.9. The first-order valence-corrected chi connectivity index (χ1v) is 19.9. The highest BCUT2D eigenvalue weighted by Crippen LogP contribution is 2.68. The Bertz CT molecular complexity index is 834. The van der Waals surface area contributed by atoms with Crippen molar-refractivity contribution in [1.82, 2.24) is 0 Å². The third-order valence-electron chi connectivity index (χ3n) is 14.7. The zero-order valence-corrected chi connectivity index (χ0v) is 30.1. The molecule has 10 atom stereocenters. The smallest absolute Gasteiger partial charge is 0.306 e. The minimum absolute atomic E-state index is 0.110. The average molecular weight is 599 g/mol. The third kappa shape index (κ3) is 8.07. The predicted octanol–water partition coefficient (Wildman–Crippen LogP) is 12.6. The lowest BCUT2D eigenvalue weighted by atomic mass is 9.44. The number of hydrogen-bond donors (Lipinski definition) is 0. The highest BCUT2D eigenvalue weighted by atomic mass is 16.5. The van der Waals surface area contributed by atoms with E-state index in [4.69, 9.17) is 4.74 Å². The molecular formula is C41H74O2. The number of ether oxygens (including phenoxy) is 1. The molecule has 2 nitrogen and oxygen atoms in total. The van der Waals surface area contributed by atoms with Crippen LogP contribution in [0, 0.1) is 58.2 Å². The van der Waals surface area contributed by atoms with Gasteiger partial charge in [0.25, 0.3) is 0 Å². The molecule has 2 unspecified atom stereocenters. The lowest BCUT2D eigenvalue weighted by molar-refractivity contribution is -0.192. The van der Waals surface area contributed by atoms with Crippen molar-refractivity contribution in [3.05, 3.63) is 0 Å². The van der Waals surface area contributed by atoms with E-state index in [1.807, 2.05) is 0 Å². The minimum Gasteiger partial charge on any atom is -0.462 e. The van der Waals surface area contributed by atoms with E-state index < -0.39 is 0 Å². The quantitative estimate of drug-likeness (QED) is 0.123. The molecule has 0 aromatic carbocycles. The minimum atomic E-state index is 0.110. The van der Waals surface area contributed by atoms with Crippen LogP contribution in [0.1, 0.15) is 190 Å². The first kappa shape index (κ1) is 35.3. The Morgan fingerprint density at radius 3 is 2.14 bits per heavy atom. The van der Waals surface area contributed by atoms with Crippen molar-refractivity contribution in [1.29, 1.82) is 0 Å². The Morgan fingerprint density at radius 2 is 1.47 bits per heavy atom. The van der Waals surface area contributed by atoms with Gasteiger partial charge < -0.3 is 4.74 Å². The lowest BCUT2D eigenvalue weighted by Crippen LogP contribution is -2.58. The van der Waals surface area contributed by atoms with Crippen molar-refractivity contribution in [2.24, 2.45) is 58.2 Å². The SMILES string of the molecule is CCCCCCCCCCCC(=O)OC1CCCC2CC[C@@H]3[C@H](CC[C@]4(C)[C@@H]([C@H](C)CC[C@@H](CC)C(C)C)CC[C@@H]34)[C@]21C. The molecule has 4 rings (SSSR count). The number of carbonyl (C=O) groups is 1. The maximum absolute atomic E-state index is 13.2. The molecule has 4 fully saturated rings. The first-order valence-electron chi connectivity index (χ1n) is 19.9. The molecule has 0 amide bonds. The van der Waals surface area contributed by atoms with Crippen LogP contribution >= 0.6 is 0 Å². The number of rotatable bonds is 17. The second-order valence-corrected chi connectivity index (χ2v) is 17.2. The van der Waals surface area contributed by atoms with E-state index in [9.17, 15) is 4.79 Å². The number of carbonyl (C=O) groups excluding carboxylic acids is 1. The molecule has 4 aliphatic rings. The van der Waals surface area contributed by atoms with Gasteiger partial charge in [-0.2, -0.15) is 0 Å². The molecule has 2 heteroatoms. The summed E-state index contributed by atoms with van der Waals surface area (Å²) >= 11 is 0. The number of esters is 1. The van der Waals surface area contributed by atoms with Crippen LogP contribution in [0.15, 0.2) is 0 Å². The van der Waals surface area contributed by atoms with Gasteiger partial charge in [-0.25, -0.2) is 0 Å². The molecule has 0 aliphatic heterocycles. The number of fused-ring (bicyclic) bond motifs is 5. The highest BCUT2D eigenvalue weighted by Gasteiger charge is 2.62. The Labute approximate surface area is 269 Å². The van der Waals surface area contributed by atoms with Crippen molar-refractivity contribution >= 4 is 5.97 Å². The van der Waals surface area contributed by atoms with Crippen molar-refractivity contribution < 1.29 is 9.53 Å². The van der Waals surface area contributed by atoms with E-state index in [-0.39, 0.29) is 17.5 Å². The molecule has 0 N–H and O–H groups in total. The molecule has 0 heterocycles. The molecular weight excluding hydrogens is 524 g/mol. The lowest BCUT2D eigenvalue weighted by Gasteiger charge is -2.62. The van der Waals surface area contributed by atoms with Gasteiger partial charge in [-0.15, -0.1) is 0 Å². The van der Waals surface area contributed by atoms with Crippen molar-refractivity contribution in [2.45, 2.75) is 196 Å². The number of hydrogen-bond acceptors (Lipinski definition) is 2. The summed E-state index contributed by atoms with van der Waals surface area (Å²) in [5.41, 5.74) is 0.728. The van der Waals surface area contributed by atoms with Crippen LogP contribution < -0.4 is 0 Å².